The zero-order chi connectivity index (χ0) is 8.53. The average Bonchev–Trinajstić information content (AvgIpc) is 2.04. The first-order valence-electron chi connectivity index (χ1n) is 3.91. The van der Waals surface area contributed by atoms with Gasteiger partial charge < -0.3 is 5.32 Å². The summed E-state index contributed by atoms with van der Waals surface area (Å²) in [6, 6.07) is 0. The molecule has 0 aliphatic carbocycles. The summed E-state index contributed by atoms with van der Waals surface area (Å²) in [5, 5.41) is 3.25. The van der Waals surface area contributed by atoms with Crippen LogP contribution in [0, 0.1) is 0 Å². The monoisotopic (exact) mass is 239 g/mol. The third-order valence-corrected chi connectivity index (χ3v) is 2.71. The molecule has 0 amide bonds. The highest BCUT2D eigenvalue weighted by molar-refractivity contribution is 9.09. The summed E-state index contributed by atoms with van der Waals surface area (Å²) >= 11 is 8.90. The Kier molecular flexibility index (Phi) is 8.93. The Bertz CT molecular complexity index is 106. The lowest BCUT2D eigenvalue weighted by molar-refractivity contribution is 0.664. The second-order valence-corrected chi connectivity index (χ2v) is 3.91. The molecule has 1 N–H and O–H groups in total. The van der Waals surface area contributed by atoms with Crippen LogP contribution in [0.2, 0.25) is 0 Å². The molecule has 0 saturated heterocycles. The number of rotatable bonds is 6. The van der Waals surface area contributed by atoms with E-state index in [9.17, 15) is 0 Å². The minimum absolute atomic E-state index is 0.648. The van der Waals surface area contributed by atoms with Crippen LogP contribution in [0.15, 0.2) is 11.6 Å². The zero-order valence-electron chi connectivity index (χ0n) is 6.82. The topological polar surface area (TPSA) is 12.0 Å². The summed E-state index contributed by atoms with van der Waals surface area (Å²) in [6.07, 6.45) is 4.26. The fourth-order valence-corrected chi connectivity index (χ4v) is 1.01. The maximum atomic E-state index is 5.34. The van der Waals surface area contributed by atoms with Crippen molar-refractivity contribution in [2.45, 2.75) is 24.6 Å². The predicted octanol–water partition coefficient (Wildman–Crippen LogP) is 2.89. The number of alkyl halides is 1. The Labute approximate surface area is 82.3 Å². The van der Waals surface area contributed by atoms with E-state index in [1.807, 2.05) is 6.08 Å². The van der Waals surface area contributed by atoms with E-state index in [0.29, 0.717) is 4.83 Å². The average molecular weight is 241 g/mol. The van der Waals surface area contributed by atoms with Crippen molar-refractivity contribution in [2.24, 2.45) is 0 Å². The minimum Gasteiger partial charge on any atom is -0.313 e. The van der Waals surface area contributed by atoms with Gasteiger partial charge in [-0.15, -0.1) is 0 Å². The van der Waals surface area contributed by atoms with Crippen LogP contribution in [0.4, 0.5) is 0 Å². The fourth-order valence-electron chi connectivity index (χ4n) is 0.693. The molecule has 0 rings (SSSR count). The van der Waals surface area contributed by atoms with Crippen LogP contribution in [0.5, 0.6) is 0 Å². The van der Waals surface area contributed by atoms with Crippen LogP contribution in [0.1, 0.15) is 19.8 Å². The number of hydrogen-bond donors (Lipinski definition) is 1. The van der Waals surface area contributed by atoms with Crippen molar-refractivity contribution in [3.63, 3.8) is 0 Å². The summed E-state index contributed by atoms with van der Waals surface area (Å²) in [5.41, 5.74) is 1.54. The molecule has 0 aliphatic heterocycles. The first-order valence-corrected chi connectivity index (χ1v) is 5.26. The van der Waals surface area contributed by atoms with Gasteiger partial charge in [0.05, 0.1) is 0 Å². The molecule has 0 aromatic rings. The van der Waals surface area contributed by atoms with Crippen molar-refractivity contribution in [3.8, 4) is 0 Å². The molecule has 66 valence electrons. The van der Waals surface area contributed by atoms with Crippen molar-refractivity contribution in [1.29, 1.82) is 0 Å². The molecular weight excluding hydrogens is 225 g/mol. The lowest BCUT2D eigenvalue weighted by atomic mass is 10.2. The van der Waals surface area contributed by atoms with E-state index in [1.54, 1.807) is 5.54 Å². The van der Waals surface area contributed by atoms with Gasteiger partial charge in [0.25, 0.3) is 0 Å². The van der Waals surface area contributed by atoms with Gasteiger partial charge in [-0.2, -0.15) is 0 Å². The number of hydrogen-bond acceptors (Lipinski definition) is 1. The Morgan fingerprint density at radius 1 is 1.64 bits per heavy atom. The van der Waals surface area contributed by atoms with Crippen LogP contribution in [0.25, 0.3) is 0 Å². The molecule has 0 fully saturated rings. The highest BCUT2D eigenvalue weighted by Crippen LogP contribution is 2.07. The van der Waals surface area contributed by atoms with Gasteiger partial charge in [-0.05, 0) is 19.4 Å². The Hall–Kier alpha value is 0.470. The normalized spacial score (nSPS) is 14.1. The van der Waals surface area contributed by atoms with Crippen LogP contribution >= 0.6 is 27.5 Å². The van der Waals surface area contributed by atoms with Crippen LogP contribution in [-0.4, -0.2) is 17.9 Å². The van der Waals surface area contributed by atoms with E-state index in [-0.39, 0.29) is 0 Å². The molecule has 0 spiro atoms. The molecule has 1 atom stereocenters. The predicted molar refractivity (Wildman–Crippen MR) is 55.5 cm³/mol. The number of halogens is 2. The third kappa shape index (κ3) is 8.38. The molecule has 0 bridgehead atoms. The molecule has 0 aromatic heterocycles. The van der Waals surface area contributed by atoms with Crippen molar-refractivity contribution in [3.05, 3.63) is 11.6 Å². The Morgan fingerprint density at radius 3 is 2.91 bits per heavy atom. The van der Waals surface area contributed by atoms with Crippen LogP contribution < -0.4 is 5.32 Å². The summed E-state index contributed by atoms with van der Waals surface area (Å²) in [4.78, 5) is 0.648. The van der Waals surface area contributed by atoms with Crippen molar-refractivity contribution < 1.29 is 0 Å². The van der Waals surface area contributed by atoms with Gasteiger partial charge >= 0.3 is 0 Å². The maximum Gasteiger partial charge on any atom is 0.0155 e. The molecule has 0 aliphatic rings. The van der Waals surface area contributed by atoms with Gasteiger partial charge in [0.15, 0.2) is 0 Å². The molecule has 1 nitrogen and oxygen atoms in total. The molecule has 0 radical (unpaired) electrons. The molecule has 0 saturated carbocycles. The zero-order valence-corrected chi connectivity index (χ0v) is 9.16. The van der Waals surface area contributed by atoms with E-state index < -0.39 is 0 Å². The van der Waals surface area contributed by atoms with Gasteiger partial charge in [0.1, 0.15) is 0 Å². The summed E-state index contributed by atoms with van der Waals surface area (Å²) in [6.45, 7) is 4.09. The largest absolute Gasteiger partial charge is 0.313 e. The van der Waals surface area contributed by atoms with Crippen molar-refractivity contribution >= 4 is 27.5 Å². The standard InChI is InChI=1S/C8H15BrClN/c1-2-8(9)4-7-11-6-3-5-10/h3,5,8,11H,2,4,6-7H2,1H3/b5-3+. The third-order valence-electron chi connectivity index (χ3n) is 1.43. The van der Waals surface area contributed by atoms with Gasteiger partial charge in [0, 0.05) is 16.9 Å². The summed E-state index contributed by atoms with van der Waals surface area (Å²) in [7, 11) is 0. The van der Waals surface area contributed by atoms with E-state index in [0.717, 1.165) is 13.1 Å². The first kappa shape index (κ1) is 11.5. The first-order chi connectivity index (χ1) is 5.31. The lowest BCUT2D eigenvalue weighted by Crippen LogP contribution is -2.17. The second kappa shape index (κ2) is 8.57. The molecule has 1 unspecified atom stereocenters. The van der Waals surface area contributed by atoms with Gasteiger partial charge in [0.2, 0.25) is 0 Å². The van der Waals surface area contributed by atoms with Gasteiger partial charge in [-0.1, -0.05) is 40.5 Å². The Balaban J connectivity index is 3.01. The lowest BCUT2D eigenvalue weighted by Gasteiger charge is -2.05. The van der Waals surface area contributed by atoms with Crippen molar-refractivity contribution in [2.75, 3.05) is 13.1 Å². The highest BCUT2D eigenvalue weighted by Gasteiger charge is 1.97. The van der Waals surface area contributed by atoms with E-state index in [1.165, 1.54) is 12.8 Å². The molecular formula is C8H15BrClN. The number of nitrogens with one attached hydrogen (secondary N) is 1. The van der Waals surface area contributed by atoms with Gasteiger partial charge in [-0.25, -0.2) is 0 Å². The molecule has 11 heavy (non-hydrogen) atoms. The molecule has 3 heteroatoms. The van der Waals surface area contributed by atoms with Gasteiger partial charge in [-0.3, -0.25) is 0 Å². The second-order valence-electron chi connectivity index (χ2n) is 2.36. The summed E-state index contributed by atoms with van der Waals surface area (Å²) in [5.74, 6) is 0. The maximum absolute atomic E-state index is 5.34. The van der Waals surface area contributed by atoms with Crippen LogP contribution in [-0.2, 0) is 0 Å². The highest BCUT2D eigenvalue weighted by atomic mass is 79.9. The molecule has 0 aromatic carbocycles. The van der Waals surface area contributed by atoms with Crippen molar-refractivity contribution in [1.82, 2.24) is 5.32 Å². The van der Waals surface area contributed by atoms with Crippen LogP contribution in [0.3, 0.4) is 0 Å². The van der Waals surface area contributed by atoms with E-state index >= 15 is 0 Å². The smallest absolute Gasteiger partial charge is 0.0155 e. The fraction of sp³-hybridized carbons (Fsp3) is 0.750. The quantitative estimate of drug-likeness (QED) is 0.556. The minimum atomic E-state index is 0.648. The Morgan fingerprint density at radius 2 is 2.36 bits per heavy atom. The summed E-state index contributed by atoms with van der Waals surface area (Å²) < 4.78 is 0. The molecule has 0 heterocycles. The SMILES string of the molecule is CCC(Br)CCNC/C=C/Cl. The van der Waals surface area contributed by atoms with E-state index in [2.05, 4.69) is 28.2 Å². The van der Waals surface area contributed by atoms with E-state index in [4.69, 9.17) is 11.6 Å².